The van der Waals surface area contributed by atoms with Gasteiger partial charge < -0.3 is 19.1 Å². The van der Waals surface area contributed by atoms with Crippen LogP contribution in [0.25, 0.3) is 0 Å². The van der Waals surface area contributed by atoms with Gasteiger partial charge in [0.05, 0.1) is 12.8 Å². The van der Waals surface area contributed by atoms with Gasteiger partial charge in [-0.05, 0) is 36.6 Å². The first-order chi connectivity index (χ1) is 11.8. The highest BCUT2D eigenvalue weighted by molar-refractivity contribution is 5.99. The molecule has 4 rings (SSSR count). The van der Waals surface area contributed by atoms with Crippen LogP contribution < -0.4 is 19.1 Å². The fourth-order valence-electron chi connectivity index (χ4n) is 3.32. The summed E-state index contributed by atoms with van der Waals surface area (Å²) < 4.78 is 17.0. The summed E-state index contributed by atoms with van der Waals surface area (Å²) in [5, 5.41) is 0. The summed E-state index contributed by atoms with van der Waals surface area (Å²) >= 11 is 0. The number of fused-ring (bicyclic) bond motifs is 2. The van der Waals surface area contributed by atoms with Crippen molar-refractivity contribution in [1.82, 2.24) is 0 Å². The summed E-state index contributed by atoms with van der Waals surface area (Å²) in [6.45, 7) is 0.880. The van der Waals surface area contributed by atoms with E-state index in [0.29, 0.717) is 18.0 Å². The lowest BCUT2D eigenvalue weighted by Gasteiger charge is -2.34. The highest BCUT2D eigenvalue weighted by Crippen LogP contribution is 2.38. The summed E-state index contributed by atoms with van der Waals surface area (Å²) in [5.74, 6) is 1.92. The maximum absolute atomic E-state index is 13.1. The number of amides is 1. The number of para-hydroxylation sites is 3. The van der Waals surface area contributed by atoms with Crippen molar-refractivity contribution in [2.24, 2.45) is 0 Å². The highest BCUT2D eigenvalue weighted by atomic mass is 16.6. The monoisotopic (exact) mass is 325 g/mol. The van der Waals surface area contributed by atoms with E-state index >= 15 is 0 Å². The zero-order chi connectivity index (χ0) is 16.5. The quantitative estimate of drug-likeness (QED) is 0.852. The van der Waals surface area contributed by atoms with Crippen LogP contribution in [0.5, 0.6) is 17.2 Å². The van der Waals surface area contributed by atoms with Gasteiger partial charge in [-0.2, -0.15) is 0 Å². The van der Waals surface area contributed by atoms with Crippen molar-refractivity contribution in [2.75, 3.05) is 25.2 Å². The molecule has 2 heterocycles. The highest BCUT2D eigenvalue weighted by Gasteiger charge is 2.35. The molecule has 2 aliphatic rings. The molecule has 1 amide bonds. The van der Waals surface area contributed by atoms with Crippen LogP contribution in [0.15, 0.2) is 42.5 Å². The normalized spacial score (nSPS) is 18.7. The third-order valence-corrected chi connectivity index (χ3v) is 4.45. The molecule has 0 saturated heterocycles. The smallest absolute Gasteiger partial charge is 0.271 e. The van der Waals surface area contributed by atoms with E-state index in [1.807, 2.05) is 42.5 Å². The van der Waals surface area contributed by atoms with Gasteiger partial charge in [-0.3, -0.25) is 4.79 Å². The number of carbonyl (C=O) groups excluding carboxylic acids is 1. The molecule has 124 valence electrons. The summed E-state index contributed by atoms with van der Waals surface area (Å²) in [6.07, 6.45) is 1.23. The Morgan fingerprint density at radius 3 is 2.83 bits per heavy atom. The first kappa shape index (κ1) is 14.9. The molecule has 0 aliphatic carbocycles. The molecule has 0 fully saturated rings. The Labute approximate surface area is 140 Å². The minimum Gasteiger partial charge on any atom is -0.495 e. The van der Waals surface area contributed by atoms with Crippen LogP contribution in [0.1, 0.15) is 12.0 Å². The number of aryl methyl sites for hydroxylation is 1. The molecule has 24 heavy (non-hydrogen) atoms. The van der Waals surface area contributed by atoms with Gasteiger partial charge in [0.25, 0.3) is 5.91 Å². The first-order valence-corrected chi connectivity index (χ1v) is 8.13. The molecule has 0 aromatic heterocycles. The second-order valence-electron chi connectivity index (χ2n) is 5.93. The average molecular weight is 325 g/mol. The fraction of sp³-hybridized carbons (Fsp3) is 0.316. The Kier molecular flexibility index (Phi) is 3.76. The minimum absolute atomic E-state index is 0.0880. The van der Waals surface area contributed by atoms with Crippen molar-refractivity contribution < 1.29 is 19.0 Å². The number of carbonyl (C=O) groups is 1. The van der Waals surface area contributed by atoms with Crippen LogP contribution in [0.2, 0.25) is 0 Å². The molecule has 1 atom stereocenters. The summed E-state index contributed by atoms with van der Waals surface area (Å²) in [6, 6.07) is 13.3. The van der Waals surface area contributed by atoms with Gasteiger partial charge in [0.15, 0.2) is 11.5 Å². The van der Waals surface area contributed by atoms with Crippen molar-refractivity contribution in [3.05, 3.63) is 48.0 Å². The predicted molar refractivity (Wildman–Crippen MR) is 90.0 cm³/mol. The zero-order valence-corrected chi connectivity index (χ0v) is 13.5. The molecular formula is C19H19NO4. The van der Waals surface area contributed by atoms with E-state index in [-0.39, 0.29) is 12.5 Å². The number of methoxy groups -OCH3 is 1. The van der Waals surface area contributed by atoms with Gasteiger partial charge in [-0.15, -0.1) is 0 Å². The van der Waals surface area contributed by atoms with Gasteiger partial charge in [0, 0.05) is 6.54 Å². The fourth-order valence-corrected chi connectivity index (χ4v) is 3.32. The number of anilines is 1. The Bertz CT molecular complexity index is 759. The SMILES string of the molecule is COc1cccc2c1N(C(=O)[C@@H]1COc3ccccc3O1)CCC2. The molecular weight excluding hydrogens is 306 g/mol. The number of hydrogen-bond donors (Lipinski definition) is 0. The van der Waals surface area contributed by atoms with Gasteiger partial charge in [0.1, 0.15) is 12.4 Å². The molecule has 5 nitrogen and oxygen atoms in total. The van der Waals surface area contributed by atoms with Crippen molar-refractivity contribution >= 4 is 11.6 Å². The van der Waals surface area contributed by atoms with Gasteiger partial charge in [0.2, 0.25) is 6.10 Å². The summed E-state index contributed by atoms with van der Waals surface area (Å²) in [5.41, 5.74) is 1.99. The molecule has 2 aromatic carbocycles. The van der Waals surface area contributed by atoms with Gasteiger partial charge >= 0.3 is 0 Å². The van der Waals surface area contributed by atoms with Crippen molar-refractivity contribution in [1.29, 1.82) is 0 Å². The third kappa shape index (κ3) is 2.46. The Morgan fingerprint density at radius 1 is 1.17 bits per heavy atom. The third-order valence-electron chi connectivity index (χ3n) is 4.45. The average Bonchev–Trinajstić information content (AvgIpc) is 2.66. The van der Waals surface area contributed by atoms with Crippen LogP contribution in [0.3, 0.4) is 0 Å². The second-order valence-corrected chi connectivity index (χ2v) is 5.93. The van der Waals surface area contributed by atoms with Crippen LogP contribution in [0.4, 0.5) is 5.69 Å². The maximum atomic E-state index is 13.1. The number of rotatable bonds is 2. The van der Waals surface area contributed by atoms with E-state index in [4.69, 9.17) is 14.2 Å². The lowest BCUT2D eigenvalue weighted by molar-refractivity contribution is -0.127. The number of nitrogens with zero attached hydrogens (tertiary/aromatic N) is 1. The summed E-state index contributed by atoms with van der Waals surface area (Å²) in [4.78, 5) is 14.8. The van der Waals surface area contributed by atoms with E-state index in [2.05, 4.69) is 0 Å². The zero-order valence-electron chi connectivity index (χ0n) is 13.5. The van der Waals surface area contributed by atoms with Gasteiger partial charge in [-0.1, -0.05) is 24.3 Å². The molecule has 0 saturated carbocycles. The summed E-state index contributed by atoms with van der Waals surface area (Å²) in [7, 11) is 1.63. The van der Waals surface area contributed by atoms with Crippen LogP contribution in [-0.2, 0) is 11.2 Å². The molecule has 0 N–H and O–H groups in total. The van der Waals surface area contributed by atoms with E-state index in [1.165, 1.54) is 0 Å². The lowest BCUT2D eigenvalue weighted by atomic mass is 10.0. The Balaban J connectivity index is 1.63. The Hall–Kier alpha value is -2.69. The van der Waals surface area contributed by atoms with E-state index in [1.54, 1.807) is 12.0 Å². The maximum Gasteiger partial charge on any atom is 0.271 e. The van der Waals surface area contributed by atoms with Gasteiger partial charge in [-0.25, -0.2) is 0 Å². The molecule has 0 bridgehead atoms. The van der Waals surface area contributed by atoms with Crippen molar-refractivity contribution in [2.45, 2.75) is 18.9 Å². The van der Waals surface area contributed by atoms with Crippen LogP contribution >= 0.6 is 0 Å². The molecule has 2 aromatic rings. The first-order valence-electron chi connectivity index (χ1n) is 8.13. The topological polar surface area (TPSA) is 48.0 Å². The number of ether oxygens (including phenoxy) is 3. The predicted octanol–water partition coefficient (Wildman–Crippen LogP) is 2.81. The molecule has 5 heteroatoms. The molecule has 0 unspecified atom stereocenters. The van der Waals surface area contributed by atoms with Crippen molar-refractivity contribution in [3.8, 4) is 17.2 Å². The van der Waals surface area contributed by atoms with Crippen molar-refractivity contribution in [3.63, 3.8) is 0 Å². The molecule has 2 aliphatic heterocycles. The lowest BCUT2D eigenvalue weighted by Crippen LogP contribution is -2.48. The molecule has 0 radical (unpaired) electrons. The van der Waals surface area contributed by atoms with E-state index in [9.17, 15) is 4.79 Å². The molecule has 0 spiro atoms. The van der Waals surface area contributed by atoms with E-state index in [0.717, 1.165) is 29.8 Å². The van der Waals surface area contributed by atoms with E-state index < -0.39 is 6.10 Å². The van der Waals surface area contributed by atoms with Crippen LogP contribution in [0, 0.1) is 0 Å². The second kappa shape index (κ2) is 6.07. The number of benzene rings is 2. The Morgan fingerprint density at radius 2 is 2.00 bits per heavy atom. The van der Waals surface area contributed by atoms with Crippen LogP contribution in [-0.4, -0.2) is 32.3 Å². The minimum atomic E-state index is -0.643. The standard InChI is InChI=1S/C19H19NO4/c1-22-16-10-4-6-13-7-5-11-20(18(13)16)19(21)17-12-23-14-8-2-3-9-15(14)24-17/h2-4,6,8-10,17H,5,7,11-12H2,1H3/t17-/m0/s1. The largest absolute Gasteiger partial charge is 0.495 e. The number of hydrogen-bond acceptors (Lipinski definition) is 4.